The zero-order valence-electron chi connectivity index (χ0n) is 11.2. The van der Waals surface area contributed by atoms with Crippen molar-refractivity contribution >= 4 is 22.6 Å². The first kappa shape index (κ1) is 12.9. The molecular formula is C15H18ClFN2. The van der Waals surface area contributed by atoms with Gasteiger partial charge in [-0.1, -0.05) is 13.3 Å². The molecule has 2 nitrogen and oxygen atoms in total. The topological polar surface area (TPSA) is 17.8 Å². The smallest absolute Gasteiger partial charge is 0.127 e. The molecular weight excluding hydrogens is 263 g/mol. The molecule has 0 bridgehead atoms. The number of aromatic nitrogens is 2. The highest BCUT2D eigenvalue weighted by Gasteiger charge is 2.40. The third-order valence-corrected chi connectivity index (χ3v) is 4.11. The third-order valence-electron chi connectivity index (χ3n) is 3.91. The fraction of sp³-hybridized carbons (Fsp3) is 0.533. The van der Waals surface area contributed by atoms with E-state index in [-0.39, 0.29) is 11.2 Å². The van der Waals surface area contributed by atoms with Crippen LogP contribution in [0.15, 0.2) is 18.2 Å². The minimum absolute atomic E-state index is 0.154. The Morgan fingerprint density at radius 3 is 3.00 bits per heavy atom. The summed E-state index contributed by atoms with van der Waals surface area (Å²) in [6.07, 6.45) is 3.57. The monoisotopic (exact) mass is 280 g/mol. The molecule has 0 amide bonds. The summed E-state index contributed by atoms with van der Waals surface area (Å²) in [6.45, 7) is 4.12. The molecule has 4 heteroatoms. The van der Waals surface area contributed by atoms with Crippen molar-refractivity contribution in [3.05, 3.63) is 29.8 Å². The minimum Gasteiger partial charge on any atom is -0.323 e. The molecule has 1 aliphatic rings. The van der Waals surface area contributed by atoms with Crippen LogP contribution in [0, 0.1) is 11.7 Å². The zero-order valence-corrected chi connectivity index (χ0v) is 12.0. The highest BCUT2D eigenvalue weighted by molar-refractivity contribution is 6.20. The number of hydrogen-bond donors (Lipinski definition) is 0. The molecule has 19 heavy (non-hydrogen) atoms. The maximum atomic E-state index is 13.5. The Morgan fingerprint density at radius 1 is 1.53 bits per heavy atom. The molecule has 1 saturated carbocycles. The number of benzene rings is 1. The lowest BCUT2D eigenvalue weighted by Gasteiger charge is -2.10. The van der Waals surface area contributed by atoms with Crippen LogP contribution in [0.4, 0.5) is 4.39 Å². The summed E-state index contributed by atoms with van der Waals surface area (Å²) in [5.74, 6) is 1.35. The Labute approximate surface area is 117 Å². The zero-order chi connectivity index (χ0) is 13.6. The van der Waals surface area contributed by atoms with Gasteiger partial charge >= 0.3 is 0 Å². The lowest BCUT2D eigenvalue weighted by molar-refractivity contribution is 0.594. The molecule has 3 unspecified atom stereocenters. The SMILES string of the molecule is CCCC1CC1n1c(C(C)Cl)nc2ccc(F)cc21. The summed E-state index contributed by atoms with van der Waals surface area (Å²) in [7, 11) is 0. The molecule has 2 aromatic rings. The van der Waals surface area contributed by atoms with Crippen LogP contribution in [0.5, 0.6) is 0 Å². The standard InChI is InChI=1S/C15H18ClFN2/c1-3-4-10-7-13(10)19-14-8-11(17)5-6-12(14)18-15(19)9(2)16/h5-6,8-10,13H,3-4,7H2,1-2H3. The normalized spacial score (nSPS) is 23.8. The van der Waals surface area contributed by atoms with Gasteiger partial charge in [0.05, 0.1) is 16.4 Å². The van der Waals surface area contributed by atoms with Crippen molar-refractivity contribution in [2.75, 3.05) is 0 Å². The largest absolute Gasteiger partial charge is 0.323 e. The van der Waals surface area contributed by atoms with Crippen molar-refractivity contribution in [3.8, 4) is 0 Å². The molecule has 1 heterocycles. The second-order valence-corrected chi connectivity index (χ2v) is 6.10. The molecule has 0 saturated heterocycles. The maximum Gasteiger partial charge on any atom is 0.127 e. The lowest BCUT2D eigenvalue weighted by atomic mass is 10.2. The van der Waals surface area contributed by atoms with Gasteiger partial charge in [0, 0.05) is 6.04 Å². The van der Waals surface area contributed by atoms with E-state index >= 15 is 0 Å². The van der Waals surface area contributed by atoms with E-state index in [0.717, 1.165) is 23.3 Å². The van der Waals surface area contributed by atoms with E-state index in [4.69, 9.17) is 11.6 Å². The molecule has 0 aliphatic heterocycles. The molecule has 3 atom stereocenters. The number of hydrogen-bond acceptors (Lipinski definition) is 1. The molecule has 0 spiro atoms. The Balaban J connectivity index is 2.09. The predicted molar refractivity (Wildman–Crippen MR) is 76.0 cm³/mol. The van der Waals surface area contributed by atoms with Crippen LogP contribution in [0.1, 0.15) is 50.4 Å². The highest BCUT2D eigenvalue weighted by atomic mass is 35.5. The second-order valence-electron chi connectivity index (χ2n) is 5.44. The summed E-state index contributed by atoms with van der Waals surface area (Å²) in [4.78, 5) is 4.57. The van der Waals surface area contributed by atoms with Crippen LogP contribution in [0.25, 0.3) is 11.0 Å². The predicted octanol–water partition coefficient (Wildman–Crippen LogP) is 4.84. The van der Waals surface area contributed by atoms with E-state index in [1.165, 1.54) is 18.9 Å². The fourth-order valence-corrected chi connectivity index (χ4v) is 3.10. The van der Waals surface area contributed by atoms with E-state index in [0.29, 0.717) is 12.0 Å². The van der Waals surface area contributed by atoms with Gasteiger partial charge in [0.2, 0.25) is 0 Å². The molecule has 3 rings (SSSR count). The van der Waals surface area contributed by atoms with Crippen LogP contribution >= 0.6 is 11.6 Å². The average Bonchev–Trinajstić information content (AvgIpc) is 3.00. The summed E-state index contributed by atoms with van der Waals surface area (Å²) in [6, 6.07) is 5.22. The number of halogens is 2. The first-order valence-corrected chi connectivity index (χ1v) is 7.37. The van der Waals surface area contributed by atoms with Gasteiger partial charge in [-0.15, -0.1) is 11.6 Å². The van der Waals surface area contributed by atoms with E-state index < -0.39 is 0 Å². The first-order chi connectivity index (χ1) is 9.11. The van der Waals surface area contributed by atoms with Crippen molar-refractivity contribution in [1.29, 1.82) is 0 Å². The van der Waals surface area contributed by atoms with Crippen molar-refractivity contribution in [2.24, 2.45) is 5.92 Å². The summed E-state index contributed by atoms with van der Waals surface area (Å²) in [5, 5.41) is -0.154. The number of rotatable bonds is 4. The highest BCUT2D eigenvalue weighted by Crippen LogP contribution is 2.49. The van der Waals surface area contributed by atoms with Crippen LogP contribution < -0.4 is 0 Å². The van der Waals surface area contributed by atoms with Gasteiger partial charge in [0.1, 0.15) is 11.6 Å². The van der Waals surface area contributed by atoms with Gasteiger partial charge < -0.3 is 4.57 Å². The van der Waals surface area contributed by atoms with Crippen molar-refractivity contribution in [3.63, 3.8) is 0 Å². The number of fused-ring (bicyclic) bond motifs is 1. The summed E-state index contributed by atoms with van der Waals surface area (Å²) < 4.78 is 15.6. The molecule has 1 aromatic carbocycles. The Kier molecular flexibility index (Phi) is 3.25. The Hall–Kier alpha value is -1.09. The number of alkyl halides is 1. The minimum atomic E-state index is -0.213. The van der Waals surface area contributed by atoms with E-state index in [9.17, 15) is 4.39 Å². The van der Waals surface area contributed by atoms with Crippen LogP contribution in [0.3, 0.4) is 0 Å². The summed E-state index contributed by atoms with van der Waals surface area (Å²) >= 11 is 6.24. The van der Waals surface area contributed by atoms with E-state index in [1.807, 2.05) is 6.92 Å². The Morgan fingerprint density at radius 2 is 2.32 bits per heavy atom. The van der Waals surface area contributed by atoms with Gasteiger partial charge in [0.25, 0.3) is 0 Å². The van der Waals surface area contributed by atoms with Crippen molar-refractivity contribution < 1.29 is 4.39 Å². The van der Waals surface area contributed by atoms with E-state index in [1.54, 1.807) is 12.1 Å². The number of nitrogens with zero attached hydrogens (tertiary/aromatic N) is 2. The van der Waals surface area contributed by atoms with Crippen LogP contribution in [0.2, 0.25) is 0 Å². The second kappa shape index (κ2) is 4.78. The lowest BCUT2D eigenvalue weighted by Crippen LogP contribution is -2.04. The van der Waals surface area contributed by atoms with Crippen LogP contribution in [-0.4, -0.2) is 9.55 Å². The van der Waals surface area contributed by atoms with Crippen molar-refractivity contribution in [2.45, 2.75) is 44.5 Å². The molecule has 1 aliphatic carbocycles. The molecule has 1 aromatic heterocycles. The third kappa shape index (κ3) is 2.25. The van der Waals surface area contributed by atoms with Crippen molar-refractivity contribution in [1.82, 2.24) is 9.55 Å². The fourth-order valence-electron chi connectivity index (χ4n) is 2.94. The van der Waals surface area contributed by atoms with Gasteiger partial charge in [-0.05, 0) is 43.9 Å². The van der Waals surface area contributed by atoms with Gasteiger partial charge in [0.15, 0.2) is 0 Å². The Bertz CT molecular complexity index is 605. The van der Waals surface area contributed by atoms with Gasteiger partial charge in [-0.25, -0.2) is 9.37 Å². The van der Waals surface area contributed by atoms with Gasteiger partial charge in [-0.3, -0.25) is 0 Å². The first-order valence-electron chi connectivity index (χ1n) is 6.93. The molecule has 0 radical (unpaired) electrons. The van der Waals surface area contributed by atoms with E-state index in [2.05, 4.69) is 16.5 Å². The van der Waals surface area contributed by atoms with Crippen LogP contribution in [-0.2, 0) is 0 Å². The quantitative estimate of drug-likeness (QED) is 0.733. The summed E-state index contributed by atoms with van der Waals surface area (Å²) in [5.41, 5.74) is 1.72. The molecule has 102 valence electrons. The maximum absolute atomic E-state index is 13.5. The molecule has 1 fully saturated rings. The number of imidazole rings is 1. The molecule has 0 N–H and O–H groups in total. The van der Waals surface area contributed by atoms with Gasteiger partial charge in [-0.2, -0.15) is 0 Å². The average molecular weight is 281 g/mol.